The summed E-state index contributed by atoms with van der Waals surface area (Å²) < 4.78 is 56.1. The molecule has 172 valence electrons. The molecule has 1 aliphatic rings. The smallest absolute Gasteiger partial charge is 0.227 e. The van der Waals surface area contributed by atoms with E-state index in [1.807, 2.05) is 0 Å². The predicted molar refractivity (Wildman–Crippen MR) is 121 cm³/mol. The van der Waals surface area contributed by atoms with E-state index in [1.54, 1.807) is 18.2 Å². The molecule has 8 heteroatoms. The highest BCUT2D eigenvalue weighted by molar-refractivity contribution is 6.39. The van der Waals surface area contributed by atoms with Gasteiger partial charge >= 0.3 is 0 Å². The molecule has 1 saturated heterocycles. The third-order valence-electron chi connectivity index (χ3n) is 6.03. The molecule has 0 aliphatic carbocycles. The van der Waals surface area contributed by atoms with Crippen molar-refractivity contribution in [1.82, 2.24) is 0 Å². The number of hydrogen-bond acceptors (Lipinski definition) is 1. The molecule has 1 amide bonds. The molecule has 0 atom stereocenters. The van der Waals surface area contributed by atoms with Gasteiger partial charge in [-0.05, 0) is 60.1 Å². The molecule has 3 aromatic carbocycles. The number of para-hydroxylation sites is 1. The van der Waals surface area contributed by atoms with Gasteiger partial charge in [0, 0.05) is 25.1 Å². The number of amides is 1. The monoisotopic (exact) mass is 495 g/mol. The van der Waals surface area contributed by atoms with Crippen LogP contribution in [0.1, 0.15) is 24.0 Å². The summed E-state index contributed by atoms with van der Waals surface area (Å²) in [7, 11) is 0. The Kier molecular flexibility index (Phi) is 6.68. The SMILES string of the molecule is O=C1CCC(Cc2ccc(F)cc2F)(Cc2ccc(F)cc2F)CN1c1c(Cl)cccc1Cl. The van der Waals surface area contributed by atoms with E-state index < -0.39 is 28.7 Å². The van der Waals surface area contributed by atoms with E-state index in [1.165, 1.54) is 17.0 Å². The molecule has 0 saturated carbocycles. The first-order valence-electron chi connectivity index (χ1n) is 10.3. The van der Waals surface area contributed by atoms with E-state index in [2.05, 4.69) is 0 Å². The molecular formula is C25H19Cl2F4NO. The van der Waals surface area contributed by atoms with Gasteiger partial charge in [0.25, 0.3) is 0 Å². The van der Waals surface area contributed by atoms with Crippen molar-refractivity contribution in [1.29, 1.82) is 0 Å². The molecule has 3 aromatic rings. The van der Waals surface area contributed by atoms with Crippen molar-refractivity contribution in [2.24, 2.45) is 5.41 Å². The van der Waals surface area contributed by atoms with Gasteiger partial charge in [-0.25, -0.2) is 17.6 Å². The lowest BCUT2D eigenvalue weighted by molar-refractivity contribution is -0.121. The second-order valence-corrected chi connectivity index (χ2v) is 9.19. The highest BCUT2D eigenvalue weighted by atomic mass is 35.5. The van der Waals surface area contributed by atoms with Crippen LogP contribution in [0.15, 0.2) is 54.6 Å². The molecule has 1 fully saturated rings. The summed E-state index contributed by atoms with van der Waals surface area (Å²) in [5.74, 6) is -3.10. The lowest BCUT2D eigenvalue weighted by Crippen LogP contribution is -2.49. The number of rotatable bonds is 5. The van der Waals surface area contributed by atoms with Crippen LogP contribution in [-0.4, -0.2) is 12.5 Å². The minimum Gasteiger partial charge on any atom is -0.309 e. The van der Waals surface area contributed by atoms with Crippen LogP contribution in [0.5, 0.6) is 0 Å². The molecule has 0 aromatic heterocycles. The molecule has 4 rings (SSSR count). The molecule has 0 radical (unpaired) electrons. The standard InChI is InChI=1S/C25H19Cl2F4NO/c26-19-2-1-3-20(27)24(19)32-14-25(9-8-23(32)33,12-15-4-6-17(28)10-21(15)30)13-16-5-7-18(29)11-22(16)31/h1-7,10-11H,8-9,12-14H2. The molecule has 2 nitrogen and oxygen atoms in total. The molecule has 0 unspecified atom stereocenters. The number of benzene rings is 3. The fourth-order valence-corrected chi connectivity index (χ4v) is 5.05. The molecule has 1 heterocycles. The maximum Gasteiger partial charge on any atom is 0.227 e. The van der Waals surface area contributed by atoms with Crippen molar-refractivity contribution in [2.75, 3.05) is 11.4 Å². The molecule has 0 spiro atoms. The van der Waals surface area contributed by atoms with Crippen LogP contribution in [0, 0.1) is 28.7 Å². The highest BCUT2D eigenvalue weighted by Gasteiger charge is 2.41. The van der Waals surface area contributed by atoms with Crippen molar-refractivity contribution in [3.63, 3.8) is 0 Å². The number of carbonyl (C=O) groups is 1. The van der Waals surface area contributed by atoms with Gasteiger partial charge in [-0.2, -0.15) is 0 Å². The summed E-state index contributed by atoms with van der Waals surface area (Å²) in [6.45, 7) is 0.0723. The number of nitrogens with zero attached hydrogens (tertiary/aromatic N) is 1. The largest absolute Gasteiger partial charge is 0.309 e. The predicted octanol–water partition coefficient (Wildman–Crippen LogP) is 7.15. The van der Waals surface area contributed by atoms with E-state index in [0.717, 1.165) is 24.3 Å². The Morgan fingerprint density at radius 3 is 1.82 bits per heavy atom. The third-order valence-corrected chi connectivity index (χ3v) is 6.64. The first kappa shape index (κ1) is 23.6. The number of hydrogen-bond donors (Lipinski definition) is 0. The quantitative estimate of drug-likeness (QED) is 0.344. The third kappa shape index (κ3) is 5.02. The van der Waals surface area contributed by atoms with E-state index in [-0.39, 0.29) is 52.9 Å². The van der Waals surface area contributed by atoms with Crippen molar-refractivity contribution < 1.29 is 22.4 Å². The summed E-state index contributed by atoms with van der Waals surface area (Å²) in [6.07, 6.45) is 0.606. The van der Waals surface area contributed by atoms with Gasteiger partial charge in [-0.1, -0.05) is 41.4 Å². The van der Waals surface area contributed by atoms with Gasteiger partial charge in [0.15, 0.2) is 0 Å². The molecule has 0 N–H and O–H groups in total. The first-order chi connectivity index (χ1) is 15.7. The summed E-state index contributed by atoms with van der Waals surface area (Å²) >= 11 is 12.7. The van der Waals surface area contributed by atoms with Crippen LogP contribution >= 0.6 is 23.2 Å². The Morgan fingerprint density at radius 2 is 1.33 bits per heavy atom. The molecule has 33 heavy (non-hydrogen) atoms. The Hall–Kier alpha value is -2.57. The minimum absolute atomic E-state index is 0.0723. The second-order valence-electron chi connectivity index (χ2n) is 8.38. The van der Waals surface area contributed by atoms with Crippen LogP contribution in [0.4, 0.5) is 23.2 Å². The Morgan fingerprint density at radius 1 is 0.818 bits per heavy atom. The number of piperidine rings is 1. The average molecular weight is 496 g/mol. The van der Waals surface area contributed by atoms with E-state index in [9.17, 15) is 22.4 Å². The zero-order valence-corrected chi connectivity index (χ0v) is 18.9. The van der Waals surface area contributed by atoms with Gasteiger partial charge in [0.05, 0.1) is 15.7 Å². The normalized spacial score (nSPS) is 15.7. The molecule has 1 aliphatic heterocycles. The Labute approximate surface area is 198 Å². The zero-order chi connectivity index (χ0) is 23.8. The minimum atomic E-state index is -0.840. The van der Waals surface area contributed by atoms with Crippen LogP contribution in [0.2, 0.25) is 10.0 Å². The topological polar surface area (TPSA) is 20.3 Å². The number of anilines is 1. The lowest BCUT2D eigenvalue weighted by Gasteiger charge is -2.43. The van der Waals surface area contributed by atoms with Crippen molar-refractivity contribution >= 4 is 34.8 Å². The van der Waals surface area contributed by atoms with Crippen molar-refractivity contribution in [2.45, 2.75) is 25.7 Å². The molecular weight excluding hydrogens is 477 g/mol. The average Bonchev–Trinajstić information content (AvgIpc) is 2.75. The first-order valence-corrected chi connectivity index (χ1v) is 11.1. The summed E-state index contributed by atoms with van der Waals surface area (Å²) in [5.41, 5.74) is -0.0423. The lowest BCUT2D eigenvalue weighted by atomic mass is 9.70. The summed E-state index contributed by atoms with van der Waals surface area (Å²) in [6, 6.07) is 11.4. The van der Waals surface area contributed by atoms with Gasteiger partial charge in [-0.15, -0.1) is 0 Å². The summed E-state index contributed by atoms with van der Waals surface area (Å²) in [4.78, 5) is 14.3. The van der Waals surface area contributed by atoms with E-state index in [0.29, 0.717) is 12.1 Å². The van der Waals surface area contributed by atoms with Crippen LogP contribution in [0.3, 0.4) is 0 Å². The van der Waals surface area contributed by atoms with E-state index >= 15 is 0 Å². The Bertz CT molecular complexity index is 1140. The number of halogens is 6. The summed E-state index contributed by atoms with van der Waals surface area (Å²) in [5, 5.41) is 0.542. The Balaban J connectivity index is 1.78. The van der Waals surface area contributed by atoms with E-state index in [4.69, 9.17) is 23.2 Å². The zero-order valence-electron chi connectivity index (χ0n) is 17.4. The maximum atomic E-state index is 14.6. The van der Waals surface area contributed by atoms with Gasteiger partial charge in [-0.3, -0.25) is 4.79 Å². The van der Waals surface area contributed by atoms with Gasteiger partial charge in [0.2, 0.25) is 5.91 Å². The number of carbonyl (C=O) groups excluding carboxylic acids is 1. The van der Waals surface area contributed by atoms with Gasteiger partial charge in [0.1, 0.15) is 23.3 Å². The van der Waals surface area contributed by atoms with Crippen LogP contribution < -0.4 is 4.90 Å². The van der Waals surface area contributed by atoms with Crippen LogP contribution in [-0.2, 0) is 17.6 Å². The van der Waals surface area contributed by atoms with Crippen molar-refractivity contribution in [3.05, 3.63) is 99.0 Å². The molecule has 0 bridgehead atoms. The highest BCUT2D eigenvalue weighted by Crippen LogP contribution is 2.43. The fraction of sp³-hybridized carbons (Fsp3) is 0.240. The van der Waals surface area contributed by atoms with Crippen LogP contribution in [0.25, 0.3) is 0 Å². The second kappa shape index (κ2) is 9.35. The maximum absolute atomic E-state index is 14.6. The van der Waals surface area contributed by atoms with Crippen molar-refractivity contribution in [3.8, 4) is 0 Å². The fourth-order valence-electron chi connectivity index (χ4n) is 4.45. The van der Waals surface area contributed by atoms with Gasteiger partial charge < -0.3 is 4.90 Å².